The zero-order chi connectivity index (χ0) is 11.0. The number of hydrogen-bond donors (Lipinski definition) is 1. The van der Waals surface area contributed by atoms with Crippen molar-refractivity contribution in [3.05, 3.63) is 23.9 Å². The van der Waals surface area contributed by atoms with Crippen LogP contribution < -0.4 is 5.32 Å². The first kappa shape index (κ1) is 10.5. The maximum Gasteiger partial charge on any atom is 0.126 e. The molecule has 1 aliphatic carbocycles. The summed E-state index contributed by atoms with van der Waals surface area (Å²) in [6.45, 7) is 8.92. The molecule has 2 heteroatoms. The third-order valence-electron chi connectivity index (χ3n) is 3.50. The molecule has 0 bridgehead atoms. The van der Waals surface area contributed by atoms with Crippen molar-refractivity contribution in [3.8, 4) is 0 Å². The molecule has 1 heterocycles. The van der Waals surface area contributed by atoms with Crippen molar-refractivity contribution in [2.24, 2.45) is 11.8 Å². The Morgan fingerprint density at radius 2 is 1.87 bits per heavy atom. The highest BCUT2D eigenvalue weighted by molar-refractivity contribution is 5.39. The van der Waals surface area contributed by atoms with Crippen LogP contribution >= 0.6 is 0 Å². The van der Waals surface area contributed by atoms with Crippen LogP contribution in [0.1, 0.15) is 39.3 Å². The zero-order valence-corrected chi connectivity index (χ0v) is 9.99. The van der Waals surface area contributed by atoms with E-state index in [-0.39, 0.29) is 0 Å². The molecule has 1 saturated carbocycles. The summed E-state index contributed by atoms with van der Waals surface area (Å²) in [5.74, 6) is 3.10. The van der Waals surface area contributed by atoms with Crippen LogP contribution in [0.3, 0.4) is 0 Å². The Labute approximate surface area is 92.1 Å². The molecule has 0 amide bonds. The lowest BCUT2D eigenvalue weighted by atomic mass is 10.1. The monoisotopic (exact) mass is 204 g/mol. The lowest BCUT2D eigenvalue weighted by Gasteiger charge is -2.08. The minimum atomic E-state index is 0.501. The molecule has 1 aromatic rings. The molecule has 2 unspecified atom stereocenters. The van der Waals surface area contributed by atoms with Crippen LogP contribution in [0.15, 0.2) is 18.2 Å². The first-order chi connectivity index (χ1) is 7.09. The molecule has 15 heavy (non-hydrogen) atoms. The minimum absolute atomic E-state index is 0.501. The van der Waals surface area contributed by atoms with Gasteiger partial charge >= 0.3 is 0 Å². The van der Waals surface area contributed by atoms with Crippen LogP contribution in [0.25, 0.3) is 0 Å². The Hall–Kier alpha value is -1.05. The third-order valence-corrected chi connectivity index (χ3v) is 3.50. The zero-order valence-electron chi connectivity index (χ0n) is 9.99. The molecule has 82 valence electrons. The highest BCUT2D eigenvalue weighted by Crippen LogP contribution is 2.39. The molecule has 1 aliphatic rings. The predicted molar refractivity (Wildman–Crippen MR) is 64.1 cm³/mol. The molecule has 0 radical (unpaired) electrons. The van der Waals surface area contributed by atoms with Gasteiger partial charge in [-0.05, 0) is 29.9 Å². The summed E-state index contributed by atoms with van der Waals surface area (Å²) in [6, 6.07) is 6.86. The van der Waals surface area contributed by atoms with Crippen LogP contribution in [-0.2, 0) is 0 Å². The molecule has 2 nitrogen and oxygen atoms in total. The quantitative estimate of drug-likeness (QED) is 0.817. The third kappa shape index (κ3) is 2.14. The van der Waals surface area contributed by atoms with Crippen LogP contribution in [-0.4, -0.2) is 11.0 Å². The van der Waals surface area contributed by atoms with Gasteiger partial charge in [-0.2, -0.15) is 0 Å². The van der Waals surface area contributed by atoms with Gasteiger partial charge in [-0.1, -0.05) is 33.8 Å². The largest absolute Gasteiger partial charge is 0.367 e. The topological polar surface area (TPSA) is 24.9 Å². The van der Waals surface area contributed by atoms with E-state index in [0.29, 0.717) is 12.0 Å². The summed E-state index contributed by atoms with van der Waals surface area (Å²) >= 11 is 0. The smallest absolute Gasteiger partial charge is 0.126 e. The van der Waals surface area contributed by atoms with Crippen molar-refractivity contribution in [2.45, 2.75) is 39.7 Å². The minimum Gasteiger partial charge on any atom is -0.367 e. The van der Waals surface area contributed by atoms with E-state index in [1.165, 1.54) is 5.69 Å². The van der Waals surface area contributed by atoms with Gasteiger partial charge in [-0.15, -0.1) is 0 Å². The number of rotatable bonds is 3. The summed E-state index contributed by atoms with van der Waals surface area (Å²) in [6.07, 6.45) is 0. The van der Waals surface area contributed by atoms with E-state index in [1.807, 2.05) is 0 Å². The van der Waals surface area contributed by atoms with Crippen molar-refractivity contribution in [1.29, 1.82) is 0 Å². The first-order valence-corrected chi connectivity index (χ1v) is 5.83. The normalized spacial score (nSPS) is 29.3. The van der Waals surface area contributed by atoms with E-state index in [0.717, 1.165) is 17.7 Å². The Kier molecular flexibility index (Phi) is 2.68. The van der Waals surface area contributed by atoms with Crippen molar-refractivity contribution in [1.82, 2.24) is 4.98 Å². The number of aromatic nitrogens is 1. The standard InChI is InChI=1S/C13H20N2/c1-8(2)11-6-5-7-12(14-11)15-13-9(3)10(13)4/h5-10,13H,1-4H3,(H,14,15)/t9-,10?,13?/m1/s1. The molecule has 1 N–H and O–H groups in total. The molecule has 0 aromatic carbocycles. The highest BCUT2D eigenvalue weighted by atomic mass is 15.1. The maximum atomic E-state index is 4.61. The average Bonchev–Trinajstić information content (AvgIpc) is 2.76. The highest BCUT2D eigenvalue weighted by Gasteiger charge is 2.42. The first-order valence-electron chi connectivity index (χ1n) is 5.83. The van der Waals surface area contributed by atoms with Gasteiger partial charge in [-0.3, -0.25) is 0 Å². The Balaban J connectivity index is 2.06. The summed E-state index contributed by atoms with van der Waals surface area (Å²) in [7, 11) is 0. The molecule has 3 atom stereocenters. The Bertz CT molecular complexity index is 338. The van der Waals surface area contributed by atoms with E-state index in [1.54, 1.807) is 0 Å². The Morgan fingerprint density at radius 3 is 2.40 bits per heavy atom. The molecule has 0 aliphatic heterocycles. The van der Waals surface area contributed by atoms with Crippen LogP contribution in [0.2, 0.25) is 0 Å². The lowest BCUT2D eigenvalue weighted by Crippen LogP contribution is -2.07. The van der Waals surface area contributed by atoms with Crippen molar-refractivity contribution in [2.75, 3.05) is 5.32 Å². The lowest BCUT2D eigenvalue weighted by molar-refractivity contribution is 0.820. The fourth-order valence-electron chi connectivity index (χ4n) is 1.95. The van der Waals surface area contributed by atoms with E-state index >= 15 is 0 Å². The summed E-state index contributed by atoms with van der Waals surface area (Å²) in [5, 5.41) is 3.50. The number of nitrogens with one attached hydrogen (secondary N) is 1. The molecule has 0 spiro atoms. The van der Waals surface area contributed by atoms with Gasteiger partial charge in [0.1, 0.15) is 5.82 Å². The van der Waals surface area contributed by atoms with Gasteiger partial charge in [0, 0.05) is 11.7 Å². The number of hydrogen-bond acceptors (Lipinski definition) is 2. The van der Waals surface area contributed by atoms with Crippen LogP contribution in [0, 0.1) is 11.8 Å². The van der Waals surface area contributed by atoms with Gasteiger partial charge in [0.2, 0.25) is 0 Å². The van der Waals surface area contributed by atoms with Crippen LogP contribution in [0.5, 0.6) is 0 Å². The fourth-order valence-corrected chi connectivity index (χ4v) is 1.95. The molecule has 1 fully saturated rings. The Morgan fingerprint density at radius 1 is 1.20 bits per heavy atom. The van der Waals surface area contributed by atoms with Crippen LogP contribution in [0.4, 0.5) is 5.82 Å². The SMILES string of the molecule is CC(C)c1cccc(NC2C(C)[C@H]2C)n1. The second-order valence-corrected chi connectivity index (χ2v) is 4.99. The molecule has 2 rings (SSSR count). The van der Waals surface area contributed by atoms with Crippen molar-refractivity contribution in [3.63, 3.8) is 0 Å². The number of anilines is 1. The van der Waals surface area contributed by atoms with Gasteiger partial charge in [0.15, 0.2) is 0 Å². The number of nitrogens with zero attached hydrogens (tertiary/aromatic N) is 1. The van der Waals surface area contributed by atoms with Gasteiger partial charge in [-0.25, -0.2) is 4.98 Å². The van der Waals surface area contributed by atoms with E-state index in [9.17, 15) is 0 Å². The van der Waals surface area contributed by atoms with E-state index in [2.05, 4.69) is 56.2 Å². The second-order valence-electron chi connectivity index (χ2n) is 4.99. The molecule has 1 aromatic heterocycles. The van der Waals surface area contributed by atoms with Gasteiger partial charge in [0.25, 0.3) is 0 Å². The average molecular weight is 204 g/mol. The van der Waals surface area contributed by atoms with Gasteiger partial charge in [0.05, 0.1) is 0 Å². The van der Waals surface area contributed by atoms with E-state index in [4.69, 9.17) is 0 Å². The molecular formula is C13H20N2. The summed E-state index contributed by atoms with van der Waals surface area (Å²) in [5.41, 5.74) is 1.17. The molecule has 0 saturated heterocycles. The van der Waals surface area contributed by atoms with Crippen molar-refractivity contribution < 1.29 is 0 Å². The second kappa shape index (κ2) is 3.84. The maximum absolute atomic E-state index is 4.61. The predicted octanol–water partition coefficient (Wildman–Crippen LogP) is 3.27. The fraction of sp³-hybridized carbons (Fsp3) is 0.615. The molecular weight excluding hydrogens is 184 g/mol. The van der Waals surface area contributed by atoms with Crippen molar-refractivity contribution >= 4 is 5.82 Å². The van der Waals surface area contributed by atoms with Gasteiger partial charge < -0.3 is 5.32 Å². The van der Waals surface area contributed by atoms with E-state index < -0.39 is 0 Å². The number of pyridine rings is 1. The summed E-state index contributed by atoms with van der Waals surface area (Å²) < 4.78 is 0. The summed E-state index contributed by atoms with van der Waals surface area (Å²) in [4.78, 5) is 4.61.